The summed E-state index contributed by atoms with van der Waals surface area (Å²) in [5.41, 5.74) is 0.489. The van der Waals surface area contributed by atoms with Crippen molar-refractivity contribution in [2.24, 2.45) is 0 Å². The maximum absolute atomic E-state index is 13.4. The molecule has 1 heterocycles. The molecule has 6 heteroatoms. The Morgan fingerprint density at radius 2 is 2.20 bits per heavy atom. The van der Waals surface area contributed by atoms with Crippen LogP contribution in [0.15, 0.2) is 22.7 Å². The molecule has 0 radical (unpaired) electrons. The fraction of sp³-hybridized carbons (Fsp3) is 0.429. The van der Waals surface area contributed by atoms with E-state index in [2.05, 4.69) is 21.2 Å². The number of imide groups is 1. The second kappa shape index (κ2) is 5.91. The van der Waals surface area contributed by atoms with E-state index < -0.39 is 11.9 Å². The predicted molar refractivity (Wildman–Crippen MR) is 77.7 cm³/mol. The van der Waals surface area contributed by atoms with E-state index in [9.17, 15) is 14.0 Å². The molecule has 1 saturated heterocycles. The topological polar surface area (TPSA) is 49.4 Å². The number of likely N-dealkylation sites (tertiary alicyclic amines) is 1. The molecule has 4 nitrogen and oxygen atoms in total. The third kappa shape index (κ3) is 2.85. The van der Waals surface area contributed by atoms with Crippen molar-refractivity contribution >= 4 is 33.4 Å². The van der Waals surface area contributed by atoms with Gasteiger partial charge in [0.1, 0.15) is 11.9 Å². The zero-order valence-electron chi connectivity index (χ0n) is 11.3. The Labute approximate surface area is 125 Å². The lowest BCUT2D eigenvalue weighted by molar-refractivity contribution is -0.140. The van der Waals surface area contributed by atoms with Gasteiger partial charge in [-0.1, -0.05) is 6.92 Å². The molecule has 1 aromatic rings. The summed E-state index contributed by atoms with van der Waals surface area (Å²) in [6, 6.07) is 3.80. The van der Waals surface area contributed by atoms with E-state index in [1.54, 1.807) is 12.1 Å². The average molecular weight is 343 g/mol. The van der Waals surface area contributed by atoms with Crippen LogP contribution in [0.25, 0.3) is 0 Å². The lowest BCUT2D eigenvalue weighted by atomic mass is 10.2. The number of hydrogen-bond donors (Lipinski definition) is 1. The molecule has 2 unspecified atom stereocenters. The number of amides is 2. The first-order valence-corrected chi connectivity index (χ1v) is 7.30. The Morgan fingerprint density at radius 3 is 2.80 bits per heavy atom. The monoisotopic (exact) mass is 342 g/mol. The van der Waals surface area contributed by atoms with Gasteiger partial charge in [0.15, 0.2) is 0 Å². The van der Waals surface area contributed by atoms with Gasteiger partial charge in [-0.05, 0) is 47.5 Å². The first-order valence-electron chi connectivity index (χ1n) is 6.51. The van der Waals surface area contributed by atoms with Crippen LogP contribution in [-0.4, -0.2) is 28.8 Å². The first kappa shape index (κ1) is 15.0. The molecule has 0 bridgehead atoms. The van der Waals surface area contributed by atoms with Crippen LogP contribution in [0.4, 0.5) is 10.1 Å². The number of nitrogens with zero attached hydrogens (tertiary/aromatic N) is 1. The number of carbonyl (C=O) groups is 2. The zero-order chi connectivity index (χ0) is 14.9. The molecule has 2 rings (SSSR count). The largest absolute Gasteiger partial charge is 0.373 e. The summed E-state index contributed by atoms with van der Waals surface area (Å²) in [6.07, 6.45) is 0.831. The number of benzene rings is 1. The van der Waals surface area contributed by atoms with Gasteiger partial charge in [0.05, 0.1) is 10.9 Å². The molecule has 1 aromatic carbocycles. The second-order valence-electron chi connectivity index (χ2n) is 4.89. The highest BCUT2D eigenvalue weighted by molar-refractivity contribution is 9.10. The summed E-state index contributed by atoms with van der Waals surface area (Å²) in [6.45, 7) is 3.77. The molecule has 0 aliphatic carbocycles. The summed E-state index contributed by atoms with van der Waals surface area (Å²) < 4.78 is 13.8. The Balaban J connectivity index is 2.13. The maximum atomic E-state index is 13.4. The van der Waals surface area contributed by atoms with Crippen molar-refractivity contribution in [1.82, 2.24) is 4.90 Å². The van der Waals surface area contributed by atoms with Gasteiger partial charge >= 0.3 is 0 Å². The van der Waals surface area contributed by atoms with Crippen molar-refractivity contribution in [3.63, 3.8) is 0 Å². The molecule has 108 valence electrons. The highest BCUT2D eigenvalue weighted by atomic mass is 79.9. The molecule has 20 heavy (non-hydrogen) atoms. The lowest BCUT2D eigenvalue weighted by Crippen LogP contribution is -2.40. The van der Waals surface area contributed by atoms with E-state index >= 15 is 0 Å². The third-order valence-electron chi connectivity index (χ3n) is 3.48. The van der Waals surface area contributed by atoms with E-state index in [1.165, 1.54) is 11.0 Å². The number of halogens is 2. The summed E-state index contributed by atoms with van der Waals surface area (Å²) >= 11 is 3.07. The van der Waals surface area contributed by atoms with Crippen LogP contribution >= 0.6 is 15.9 Å². The van der Waals surface area contributed by atoms with Crippen LogP contribution in [0.5, 0.6) is 0 Å². The van der Waals surface area contributed by atoms with Gasteiger partial charge in [0.2, 0.25) is 5.91 Å². The van der Waals surface area contributed by atoms with Crippen molar-refractivity contribution in [2.45, 2.75) is 38.8 Å². The lowest BCUT2D eigenvalue weighted by Gasteiger charge is -2.21. The minimum Gasteiger partial charge on any atom is -0.373 e. The van der Waals surface area contributed by atoms with E-state index in [0.29, 0.717) is 10.2 Å². The number of nitrogens with one attached hydrogen (secondary N) is 1. The van der Waals surface area contributed by atoms with Crippen molar-refractivity contribution in [2.75, 3.05) is 5.32 Å². The van der Waals surface area contributed by atoms with Crippen LogP contribution in [0, 0.1) is 5.82 Å². The first-order chi connectivity index (χ1) is 9.43. The van der Waals surface area contributed by atoms with Crippen LogP contribution < -0.4 is 5.32 Å². The van der Waals surface area contributed by atoms with Crippen molar-refractivity contribution < 1.29 is 14.0 Å². The van der Waals surface area contributed by atoms with Gasteiger partial charge in [-0.15, -0.1) is 0 Å². The summed E-state index contributed by atoms with van der Waals surface area (Å²) in [5.74, 6) is -0.835. The molecule has 0 aromatic heterocycles. The number of carbonyl (C=O) groups excluding carboxylic acids is 2. The maximum Gasteiger partial charge on any atom is 0.252 e. The van der Waals surface area contributed by atoms with Crippen LogP contribution in [0.1, 0.15) is 26.7 Å². The van der Waals surface area contributed by atoms with Crippen molar-refractivity contribution in [3.05, 3.63) is 28.5 Å². The number of rotatable bonds is 4. The molecule has 1 aliphatic rings. The molecule has 0 saturated carbocycles. The van der Waals surface area contributed by atoms with Crippen molar-refractivity contribution in [3.8, 4) is 0 Å². The van der Waals surface area contributed by atoms with Gasteiger partial charge in [-0.25, -0.2) is 4.39 Å². The molecule has 2 atom stereocenters. The second-order valence-corrected chi connectivity index (χ2v) is 5.74. The van der Waals surface area contributed by atoms with E-state index in [0.717, 1.165) is 6.42 Å². The molecule has 1 fully saturated rings. The molecule has 2 amide bonds. The molecule has 1 aliphatic heterocycles. The van der Waals surface area contributed by atoms with E-state index in [-0.39, 0.29) is 24.3 Å². The van der Waals surface area contributed by atoms with Crippen LogP contribution in [-0.2, 0) is 9.59 Å². The van der Waals surface area contributed by atoms with Crippen molar-refractivity contribution in [1.29, 1.82) is 0 Å². The predicted octanol–water partition coefficient (Wildman–Crippen LogP) is 2.93. The van der Waals surface area contributed by atoms with Crippen LogP contribution in [0.2, 0.25) is 0 Å². The minimum absolute atomic E-state index is 0.108. The van der Waals surface area contributed by atoms with Gasteiger partial charge in [-0.3, -0.25) is 14.5 Å². The van der Waals surface area contributed by atoms with Gasteiger partial charge in [0.25, 0.3) is 5.91 Å². The highest BCUT2D eigenvalue weighted by Crippen LogP contribution is 2.24. The Hall–Kier alpha value is -1.43. The van der Waals surface area contributed by atoms with Crippen LogP contribution in [0.3, 0.4) is 0 Å². The Kier molecular flexibility index (Phi) is 4.42. The Morgan fingerprint density at radius 1 is 1.50 bits per heavy atom. The van der Waals surface area contributed by atoms with Gasteiger partial charge in [0, 0.05) is 11.7 Å². The highest BCUT2D eigenvalue weighted by Gasteiger charge is 2.40. The standard InChI is InChI=1S/C14H16BrFN2O2/c1-3-8(2)18-13(19)7-12(14(18)20)17-9-4-5-10(15)11(16)6-9/h4-6,8,12,17H,3,7H2,1-2H3. The molecule has 1 N–H and O–H groups in total. The van der Waals surface area contributed by atoms with Gasteiger partial charge < -0.3 is 5.32 Å². The number of hydrogen-bond acceptors (Lipinski definition) is 3. The smallest absolute Gasteiger partial charge is 0.252 e. The minimum atomic E-state index is -0.614. The SMILES string of the molecule is CCC(C)N1C(=O)CC(Nc2ccc(Br)c(F)c2)C1=O. The fourth-order valence-corrected chi connectivity index (χ4v) is 2.44. The third-order valence-corrected chi connectivity index (χ3v) is 4.12. The fourth-order valence-electron chi connectivity index (χ4n) is 2.20. The summed E-state index contributed by atoms with van der Waals surface area (Å²) in [4.78, 5) is 25.4. The quantitative estimate of drug-likeness (QED) is 0.856. The summed E-state index contributed by atoms with van der Waals surface area (Å²) in [7, 11) is 0. The zero-order valence-corrected chi connectivity index (χ0v) is 12.9. The molecular weight excluding hydrogens is 327 g/mol. The molecular formula is C14H16BrFN2O2. The van der Waals surface area contributed by atoms with E-state index in [1.807, 2.05) is 13.8 Å². The normalized spacial score (nSPS) is 20.4. The average Bonchev–Trinajstić information content (AvgIpc) is 2.68. The molecule has 0 spiro atoms. The van der Waals surface area contributed by atoms with E-state index in [4.69, 9.17) is 0 Å². The Bertz CT molecular complexity index is 550. The van der Waals surface area contributed by atoms with Gasteiger partial charge in [-0.2, -0.15) is 0 Å². The summed E-state index contributed by atoms with van der Waals surface area (Å²) in [5, 5.41) is 2.93. The number of anilines is 1.